The van der Waals surface area contributed by atoms with Crippen LogP contribution in [0.1, 0.15) is 84.8 Å². The van der Waals surface area contributed by atoms with Crippen LogP contribution in [-0.4, -0.2) is 67.6 Å². The summed E-state index contributed by atoms with van der Waals surface area (Å²) in [6.45, 7) is 8.53. The molecule has 7 heteroatoms. The second-order valence-corrected chi connectivity index (χ2v) is 11.6. The van der Waals surface area contributed by atoms with Crippen molar-refractivity contribution >= 4 is 29.3 Å². The van der Waals surface area contributed by atoms with Gasteiger partial charge in [-0.15, -0.1) is 0 Å². The smallest absolute Gasteiger partial charge is 0.253 e. The molecule has 3 N–H and O–H groups in total. The maximum Gasteiger partial charge on any atom is 0.253 e. The molecule has 0 aromatic heterocycles. The first kappa shape index (κ1) is 30.5. The minimum Gasteiger partial charge on any atom is -0.404 e. The topological polar surface area (TPSA) is 91.0 Å². The molecule has 2 aromatic carbocycles. The highest BCUT2D eigenvalue weighted by molar-refractivity contribution is 6.09. The lowest BCUT2D eigenvalue weighted by Crippen LogP contribution is -2.38. The van der Waals surface area contributed by atoms with E-state index in [9.17, 15) is 9.59 Å². The molecule has 0 aliphatic carbocycles. The lowest BCUT2D eigenvalue weighted by molar-refractivity contribution is -0.119. The highest BCUT2D eigenvalue weighted by atomic mass is 16.2. The number of carbonyl (C=O) groups is 2. The number of nitrogens with zero attached hydrogens (tertiary/aromatic N) is 3. The average molecular weight is 558 g/mol. The first-order chi connectivity index (χ1) is 19.9. The van der Waals surface area contributed by atoms with E-state index in [1.54, 1.807) is 19.5 Å². The summed E-state index contributed by atoms with van der Waals surface area (Å²) in [5.74, 6) is 0.524. The number of allylic oxidation sites excluding steroid dienone is 1. The number of piperidine rings is 1. The fourth-order valence-corrected chi connectivity index (χ4v) is 6.04. The summed E-state index contributed by atoms with van der Waals surface area (Å²) in [4.78, 5) is 35.0. The van der Waals surface area contributed by atoms with Gasteiger partial charge in [-0.25, -0.2) is 0 Å². The lowest BCUT2D eigenvalue weighted by atomic mass is 9.88. The van der Waals surface area contributed by atoms with Crippen LogP contribution in [0.25, 0.3) is 5.57 Å². The minimum absolute atomic E-state index is 0.00530. The number of benzene rings is 2. The molecule has 7 nitrogen and oxygen atoms in total. The quantitative estimate of drug-likeness (QED) is 0.268. The van der Waals surface area contributed by atoms with Crippen molar-refractivity contribution in [1.29, 1.82) is 0 Å². The number of rotatable bonds is 11. The molecule has 0 saturated carbocycles. The summed E-state index contributed by atoms with van der Waals surface area (Å²) in [6, 6.07) is 14.2. The van der Waals surface area contributed by atoms with Crippen LogP contribution in [0, 0.1) is 12.8 Å². The van der Waals surface area contributed by atoms with Gasteiger partial charge in [0.25, 0.3) is 5.91 Å². The van der Waals surface area contributed by atoms with E-state index in [0.717, 1.165) is 61.3 Å². The van der Waals surface area contributed by atoms with E-state index < -0.39 is 0 Å². The van der Waals surface area contributed by atoms with Crippen molar-refractivity contribution in [2.75, 3.05) is 45.1 Å². The molecule has 0 bridgehead atoms. The van der Waals surface area contributed by atoms with Crippen molar-refractivity contribution in [3.63, 3.8) is 0 Å². The summed E-state index contributed by atoms with van der Waals surface area (Å²) < 4.78 is 0. The third-order valence-corrected chi connectivity index (χ3v) is 8.66. The zero-order valence-corrected chi connectivity index (χ0v) is 25.1. The van der Waals surface area contributed by atoms with Crippen LogP contribution < -0.4 is 11.1 Å². The molecule has 4 rings (SSSR count). The molecule has 2 amide bonds. The van der Waals surface area contributed by atoms with Gasteiger partial charge in [-0.2, -0.15) is 0 Å². The van der Waals surface area contributed by atoms with E-state index in [4.69, 9.17) is 5.73 Å². The fourth-order valence-electron chi connectivity index (χ4n) is 6.04. The molecule has 0 spiro atoms. The predicted octanol–water partition coefficient (Wildman–Crippen LogP) is 5.86. The van der Waals surface area contributed by atoms with E-state index in [-0.39, 0.29) is 17.7 Å². The van der Waals surface area contributed by atoms with Gasteiger partial charge in [0.05, 0.1) is 5.92 Å². The number of nitrogens with one attached hydrogen (secondary N) is 1. The Morgan fingerprint density at radius 3 is 2.41 bits per heavy atom. The SMILES string of the molecule is CCCCCCN1CCC(C(=O)Nc2cc(C(=O)N3CCC(c4ccc(C(C=NC)=CN)cc4)CC3)ccc2C)C1. The summed E-state index contributed by atoms with van der Waals surface area (Å²) in [6.07, 6.45) is 11.1. The summed E-state index contributed by atoms with van der Waals surface area (Å²) in [5, 5.41) is 3.14. The summed E-state index contributed by atoms with van der Waals surface area (Å²) in [7, 11) is 1.74. The van der Waals surface area contributed by atoms with E-state index >= 15 is 0 Å². The number of amides is 2. The number of anilines is 1. The Morgan fingerprint density at radius 2 is 1.73 bits per heavy atom. The van der Waals surface area contributed by atoms with Gasteiger partial charge in [0.1, 0.15) is 0 Å². The van der Waals surface area contributed by atoms with Gasteiger partial charge >= 0.3 is 0 Å². The maximum atomic E-state index is 13.4. The van der Waals surface area contributed by atoms with Crippen molar-refractivity contribution in [2.24, 2.45) is 16.6 Å². The molecule has 220 valence electrons. The molecular formula is C34H47N5O2. The summed E-state index contributed by atoms with van der Waals surface area (Å²) >= 11 is 0. The van der Waals surface area contributed by atoms with E-state index in [2.05, 4.69) is 46.4 Å². The van der Waals surface area contributed by atoms with Crippen LogP contribution >= 0.6 is 0 Å². The van der Waals surface area contributed by atoms with Gasteiger partial charge in [-0.3, -0.25) is 14.6 Å². The number of carbonyl (C=O) groups excluding carboxylic acids is 2. The Labute approximate surface area is 245 Å². The molecule has 2 aromatic rings. The van der Waals surface area contributed by atoms with Gasteiger partial charge in [0.15, 0.2) is 0 Å². The minimum atomic E-state index is 0.00530. The Hall–Kier alpha value is -3.45. The second-order valence-electron chi connectivity index (χ2n) is 11.6. The molecule has 2 aliphatic heterocycles. The zero-order valence-electron chi connectivity index (χ0n) is 25.1. The largest absolute Gasteiger partial charge is 0.404 e. The standard InChI is InChI=1S/C34H47N5O2/c1-4-5-6-7-17-38-18-14-30(24-38)33(40)37-32-21-29(9-8-25(32)2)34(41)39-19-15-28(16-20-39)26-10-12-27(13-11-26)31(22-35)23-36-3/h8-13,21-23,28,30H,4-7,14-20,24,35H2,1-3H3,(H,37,40). The molecular weight excluding hydrogens is 510 g/mol. The molecule has 2 heterocycles. The van der Waals surface area contributed by atoms with Crippen molar-refractivity contribution < 1.29 is 9.59 Å². The number of unbranched alkanes of at least 4 members (excludes halogenated alkanes) is 3. The third kappa shape index (κ3) is 8.07. The van der Waals surface area contributed by atoms with Gasteiger partial charge in [-0.1, -0.05) is 56.5 Å². The van der Waals surface area contributed by atoms with Gasteiger partial charge in [0.2, 0.25) is 5.91 Å². The first-order valence-corrected chi connectivity index (χ1v) is 15.3. The van der Waals surface area contributed by atoms with Crippen LogP contribution in [0.15, 0.2) is 53.7 Å². The highest BCUT2D eigenvalue weighted by Crippen LogP contribution is 2.30. The molecule has 41 heavy (non-hydrogen) atoms. The normalized spacial score (nSPS) is 18.8. The van der Waals surface area contributed by atoms with Gasteiger partial charge in [-0.05, 0) is 80.4 Å². The number of likely N-dealkylation sites (tertiary alicyclic amines) is 2. The number of aliphatic imine (C=N–C) groups is 1. The molecule has 2 fully saturated rings. The molecule has 2 saturated heterocycles. The van der Waals surface area contributed by atoms with Crippen LogP contribution in [0.3, 0.4) is 0 Å². The number of nitrogens with two attached hydrogens (primary N) is 1. The number of hydrogen-bond donors (Lipinski definition) is 2. The number of hydrogen-bond acceptors (Lipinski definition) is 5. The van der Waals surface area contributed by atoms with Crippen LogP contribution in [0.4, 0.5) is 5.69 Å². The van der Waals surface area contributed by atoms with Crippen molar-refractivity contribution in [1.82, 2.24) is 9.80 Å². The maximum absolute atomic E-state index is 13.4. The van der Waals surface area contributed by atoms with Crippen LogP contribution in [-0.2, 0) is 4.79 Å². The predicted molar refractivity (Wildman–Crippen MR) is 169 cm³/mol. The molecule has 2 aliphatic rings. The van der Waals surface area contributed by atoms with Crippen LogP contribution in [0.2, 0.25) is 0 Å². The Balaban J connectivity index is 1.30. The van der Waals surface area contributed by atoms with Gasteiger partial charge < -0.3 is 20.9 Å². The lowest BCUT2D eigenvalue weighted by Gasteiger charge is -2.32. The highest BCUT2D eigenvalue weighted by Gasteiger charge is 2.29. The van der Waals surface area contributed by atoms with E-state index in [0.29, 0.717) is 24.6 Å². The van der Waals surface area contributed by atoms with E-state index in [1.807, 2.05) is 30.0 Å². The Kier molecular flexibility index (Phi) is 11.1. The molecule has 1 unspecified atom stereocenters. The van der Waals surface area contributed by atoms with Gasteiger partial charge in [0, 0.05) is 55.9 Å². The Bertz CT molecular complexity index is 1230. The monoisotopic (exact) mass is 557 g/mol. The second kappa shape index (κ2) is 15.0. The molecule has 0 radical (unpaired) electrons. The van der Waals surface area contributed by atoms with Crippen molar-refractivity contribution in [2.45, 2.75) is 64.7 Å². The number of aryl methyl sites for hydroxylation is 1. The van der Waals surface area contributed by atoms with E-state index in [1.165, 1.54) is 31.2 Å². The average Bonchev–Trinajstić information content (AvgIpc) is 3.48. The molecule has 1 atom stereocenters. The zero-order chi connectivity index (χ0) is 29.2. The van der Waals surface area contributed by atoms with Crippen LogP contribution in [0.5, 0.6) is 0 Å². The third-order valence-electron chi connectivity index (χ3n) is 8.66. The first-order valence-electron chi connectivity index (χ1n) is 15.3. The fraction of sp³-hybridized carbons (Fsp3) is 0.500. The Morgan fingerprint density at radius 1 is 1.00 bits per heavy atom. The van der Waals surface area contributed by atoms with Crippen molar-refractivity contribution in [3.8, 4) is 0 Å². The van der Waals surface area contributed by atoms with Crippen molar-refractivity contribution in [3.05, 3.63) is 70.9 Å². The summed E-state index contributed by atoms with van der Waals surface area (Å²) in [5.41, 5.74) is 11.3.